The predicted octanol–water partition coefficient (Wildman–Crippen LogP) is 3.34. The molecule has 0 aliphatic carbocycles. The average Bonchev–Trinajstić information content (AvgIpc) is 3.00. The molecule has 5 atom stereocenters. The van der Waals surface area contributed by atoms with Crippen LogP contribution in [0, 0.1) is 0 Å². The molecule has 4 heteroatoms. The van der Waals surface area contributed by atoms with Crippen LogP contribution in [0.15, 0.2) is 0 Å². The van der Waals surface area contributed by atoms with Gasteiger partial charge in [-0.25, -0.2) is 0 Å². The predicted molar refractivity (Wildman–Crippen MR) is 66.4 cm³/mol. The molecular weight excluding hydrogens is 247 g/mol. The quantitative estimate of drug-likeness (QED) is 0.564. The van der Waals surface area contributed by atoms with Crippen molar-refractivity contribution in [2.24, 2.45) is 0 Å². The number of hydrogen-bond donors (Lipinski definition) is 0. The van der Waals surface area contributed by atoms with E-state index in [0.717, 1.165) is 12.8 Å². The Morgan fingerprint density at radius 1 is 1.12 bits per heavy atom. The molecule has 2 fully saturated rings. The lowest BCUT2D eigenvalue weighted by Crippen LogP contribution is -2.21. The minimum absolute atomic E-state index is 0.0308. The zero-order valence-corrected chi connectivity index (χ0v) is 11.8. The smallest absolute Gasteiger partial charge is 0.103 e. The van der Waals surface area contributed by atoms with E-state index >= 15 is 0 Å². The molecule has 94 valence electrons. The SMILES string of the molecule is CC(Cl)C1OC1(C)CCC(Cl)C1OC1(C)C. The summed E-state index contributed by atoms with van der Waals surface area (Å²) in [5.41, 5.74) is -0.0930. The van der Waals surface area contributed by atoms with Crippen molar-refractivity contribution >= 4 is 23.2 Å². The van der Waals surface area contributed by atoms with E-state index in [1.54, 1.807) is 0 Å². The minimum atomic E-state index is -0.0622. The number of alkyl halides is 2. The Kier molecular flexibility index (Phi) is 3.25. The van der Waals surface area contributed by atoms with E-state index < -0.39 is 0 Å². The molecule has 0 saturated carbocycles. The van der Waals surface area contributed by atoms with Crippen molar-refractivity contribution in [2.45, 2.75) is 74.7 Å². The first-order valence-corrected chi connectivity index (χ1v) is 6.77. The van der Waals surface area contributed by atoms with Gasteiger partial charge in [0, 0.05) is 0 Å². The maximum Gasteiger partial charge on any atom is 0.103 e. The van der Waals surface area contributed by atoms with E-state index in [1.807, 2.05) is 6.92 Å². The lowest BCUT2D eigenvalue weighted by atomic mass is 9.96. The summed E-state index contributed by atoms with van der Waals surface area (Å²) >= 11 is 12.3. The van der Waals surface area contributed by atoms with Gasteiger partial charge >= 0.3 is 0 Å². The fourth-order valence-electron chi connectivity index (χ4n) is 2.42. The third-order valence-electron chi connectivity index (χ3n) is 3.66. The van der Waals surface area contributed by atoms with Crippen LogP contribution in [-0.4, -0.2) is 34.2 Å². The second kappa shape index (κ2) is 4.01. The van der Waals surface area contributed by atoms with E-state index in [0.29, 0.717) is 0 Å². The molecule has 2 nitrogen and oxygen atoms in total. The molecular formula is C12H20Cl2O2. The standard InChI is InChI=1S/C12H20Cl2O2/c1-7(13)9-12(4,16-9)6-5-8(14)10-11(2,3)15-10/h7-10H,5-6H2,1-4H3. The van der Waals surface area contributed by atoms with E-state index in [1.165, 1.54) is 0 Å². The Morgan fingerprint density at radius 3 is 2.06 bits per heavy atom. The molecule has 2 rings (SSSR count). The number of halogens is 2. The molecule has 0 radical (unpaired) electrons. The van der Waals surface area contributed by atoms with Crippen LogP contribution in [0.1, 0.15) is 40.5 Å². The van der Waals surface area contributed by atoms with Crippen LogP contribution in [0.25, 0.3) is 0 Å². The Bertz CT molecular complexity index is 280. The van der Waals surface area contributed by atoms with Crippen LogP contribution in [-0.2, 0) is 9.47 Å². The number of epoxide rings is 2. The molecule has 2 heterocycles. The monoisotopic (exact) mass is 266 g/mol. The lowest BCUT2D eigenvalue weighted by Gasteiger charge is -2.11. The summed E-state index contributed by atoms with van der Waals surface area (Å²) in [6.45, 7) is 8.24. The van der Waals surface area contributed by atoms with E-state index in [4.69, 9.17) is 32.7 Å². The van der Waals surface area contributed by atoms with Gasteiger partial charge in [-0.05, 0) is 40.5 Å². The molecule has 0 spiro atoms. The van der Waals surface area contributed by atoms with Gasteiger partial charge in [-0.3, -0.25) is 0 Å². The molecule has 0 amide bonds. The lowest BCUT2D eigenvalue weighted by molar-refractivity contribution is 0.284. The van der Waals surface area contributed by atoms with Crippen LogP contribution in [0.4, 0.5) is 0 Å². The Morgan fingerprint density at radius 2 is 1.69 bits per heavy atom. The largest absolute Gasteiger partial charge is 0.365 e. The zero-order valence-electron chi connectivity index (χ0n) is 10.3. The highest BCUT2D eigenvalue weighted by Crippen LogP contribution is 2.47. The summed E-state index contributed by atoms with van der Waals surface area (Å²) in [6.07, 6.45) is 2.26. The first-order valence-electron chi connectivity index (χ1n) is 5.90. The zero-order chi connectivity index (χ0) is 12.1. The summed E-state index contributed by atoms with van der Waals surface area (Å²) in [6, 6.07) is 0. The second-order valence-corrected chi connectivity index (χ2v) is 6.97. The van der Waals surface area contributed by atoms with Crippen molar-refractivity contribution in [3.05, 3.63) is 0 Å². The molecule has 2 aliphatic heterocycles. The molecule has 16 heavy (non-hydrogen) atoms. The molecule has 2 saturated heterocycles. The van der Waals surface area contributed by atoms with Crippen molar-refractivity contribution in [1.82, 2.24) is 0 Å². The van der Waals surface area contributed by atoms with Gasteiger partial charge in [0.2, 0.25) is 0 Å². The molecule has 0 aromatic heterocycles. The van der Waals surface area contributed by atoms with Gasteiger partial charge in [0.1, 0.15) is 12.2 Å². The van der Waals surface area contributed by atoms with Crippen LogP contribution >= 0.6 is 23.2 Å². The van der Waals surface area contributed by atoms with Gasteiger partial charge in [-0.15, -0.1) is 23.2 Å². The van der Waals surface area contributed by atoms with Crippen molar-refractivity contribution < 1.29 is 9.47 Å². The molecule has 0 bridgehead atoms. The Hall–Kier alpha value is 0.500. The highest BCUT2D eigenvalue weighted by molar-refractivity contribution is 6.21. The number of hydrogen-bond acceptors (Lipinski definition) is 2. The fraction of sp³-hybridized carbons (Fsp3) is 1.00. The van der Waals surface area contributed by atoms with Crippen LogP contribution in [0.2, 0.25) is 0 Å². The normalized spacial score (nSPS) is 43.9. The number of rotatable bonds is 5. The highest BCUT2D eigenvalue weighted by atomic mass is 35.5. The van der Waals surface area contributed by atoms with Gasteiger partial charge in [-0.2, -0.15) is 0 Å². The van der Waals surface area contributed by atoms with Crippen molar-refractivity contribution in [1.29, 1.82) is 0 Å². The number of ether oxygens (including phenoxy) is 2. The molecule has 0 aromatic rings. The van der Waals surface area contributed by atoms with Gasteiger partial charge in [-0.1, -0.05) is 0 Å². The third kappa shape index (κ3) is 2.50. The summed E-state index contributed by atoms with van der Waals surface area (Å²) < 4.78 is 11.2. The minimum Gasteiger partial charge on any atom is -0.365 e. The third-order valence-corrected chi connectivity index (χ3v) is 4.34. The Balaban J connectivity index is 1.73. The van der Waals surface area contributed by atoms with Gasteiger partial charge in [0.05, 0.1) is 22.0 Å². The fourth-order valence-corrected chi connectivity index (χ4v) is 3.20. The first kappa shape index (κ1) is 12.9. The van der Waals surface area contributed by atoms with Gasteiger partial charge in [0.25, 0.3) is 0 Å². The highest BCUT2D eigenvalue weighted by Gasteiger charge is 2.56. The second-order valence-electron chi connectivity index (χ2n) is 5.73. The molecule has 5 unspecified atom stereocenters. The van der Waals surface area contributed by atoms with Gasteiger partial charge < -0.3 is 9.47 Å². The van der Waals surface area contributed by atoms with Crippen LogP contribution < -0.4 is 0 Å². The van der Waals surface area contributed by atoms with E-state index in [-0.39, 0.29) is 34.2 Å². The van der Waals surface area contributed by atoms with Crippen molar-refractivity contribution in [2.75, 3.05) is 0 Å². The van der Waals surface area contributed by atoms with Crippen LogP contribution in [0.3, 0.4) is 0 Å². The van der Waals surface area contributed by atoms with Crippen LogP contribution in [0.5, 0.6) is 0 Å². The summed E-state index contributed by atoms with van der Waals surface area (Å²) in [5, 5.41) is 0.162. The van der Waals surface area contributed by atoms with Crippen molar-refractivity contribution in [3.8, 4) is 0 Å². The average molecular weight is 267 g/mol. The maximum absolute atomic E-state index is 6.31. The summed E-state index contributed by atoms with van der Waals surface area (Å²) in [7, 11) is 0. The summed E-state index contributed by atoms with van der Waals surface area (Å²) in [5.74, 6) is 0. The Labute approximate surface area is 108 Å². The molecule has 2 aliphatic rings. The van der Waals surface area contributed by atoms with E-state index in [9.17, 15) is 0 Å². The van der Waals surface area contributed by atoms with Crippen molar-refractivity contribution in [3.63, 3.8) is 0 Å². The molecule has 0 aromatic carbocycles. The van der Waals surface area contributed by atoms with E-state index in [2.05, 4.69) is 20.8 Å². The first-order chi connectivity index (χ1) is 7.26. The topological polar surface area (TPSA) is 25.1 Å². The maximum atomic E-state index is 6.31. The van der Waals surface area contributed by atoms with Gasteiger partial charge in [0.15, 0.2) is 0 Å². The molecule has 0 N–H and O–H groups in total. The summed E-state index contributed by atoms with van der Waals surface area (Å²) in [4.78, 5) is 0.